The highest BCUT2D eigenvalue weighted by Crippen LogP contribution is 2.22. The zero-order valence-corrected chi connectivity index (χ0v) is 14.3. The van der Waals surface area contributed by atoms with Crippen LogP contribution in [0.1, 0.15) is 21.8 Å². The average molecular weight is 347 g/mol. The van der Waals surface area contributed by atoms with Crippen LogP contribution in [0.2, 0.25) is 0 Å². The molecule has 26 heavy (non-hydrogen) atoms. The second kappa shape index (κ2) is 6.48. The van der Waals surface area contributed by atoms with Gasteiger partial charge in [0.25, 0.3) is 5.91 Å². The van der Waals surface area contributed by atoms with Crippen LogP contribution in [0.4, 0.5) is 5.69 Å². The SMILES string of the molecule is Cc1nc2cncc(C(=O)N3CCN(c4cccc(C#N)c4)CC3)c2o1. The van der Waals surface area contributed by atoms with Crippen LogP contribution in [0, 0.1) is 18.3 Å². The van der Waals surface area contributed by atoms with E-state index >= 15 is 0 Å². The number of aromatic nitrogens is 2. The van der Waals surface area contributed by atoms with Crippen molar-refractivity contribution in [1.82, 2.24) is 14.9 Å². The maximum atomic E-state index is 12.9. The molecule has 1 saturated heterocycles. The molecule has 4 rings (SSSR count). The average Bonchev–Trinajstić information content (AvgIpc) is 3.07. The van der Waals surface area contributed by atoms with Crippen molar-refractivity contribution in [3.05, 3.63) is 53.7 Å². The fourth-order valence-electron chi connectivity index (χ4n) is 3.23. The van der Waals surface area contributed by atoms with Crippen LogP contribution < -0.4 is 4.90 Å². The van der Waals surface area contributed by atoms with E-state index in [0.29, 0.717) is 54.3 Å². The Kier molecular flexibility index (Phi) is 4.01. The molecule has 1 aromatic carbocycles. The van der Waals surface area contributed by atoms with Gasteiger partial charge in [0.1, 0.15) is 11.1 Å². The molecule has 3 heterocycles. The Bertz CT molecular complexity index is 1010. The number of nitrogens with zero attached hydrogens (tertiary/aromatic N) is 5. The van der Waals surface area contributed by atoms with E-state index in [1.807, 2.05) is 18.2 Å². The Morgan fingerprint density at radius 1 is 1.23 bits per heavy atom. The summed E-state index contributed by atoms with van der Waals surface area (Å²) < 4.78 is 5.59. The number of piperazine rings is 1. The Hall–Kier alpha value is -3.40. The first-order chi connectivity index (χ1) is 12.7. The van der Waals surface area contributed by atoms with Crippen molar-refractivity contribution in [2.75, 3.05) is 31.1 Å². The molecule has 7 nitrogen and oxygen atoms in total. The highest BCUT2D eigenvalue weighted by atomic mass is 16.3. The maximum absolute atomic E-state index is 12.9. The van der Waals surface area contributed by atoms with E-state index in [4.69, 9.17) is 9.68 Å². The summed E-state index contributed by atoms with van der Waals surface area (Å²) >= 11 is 0. The second-order valence-electron chi connectivity index (χ2n) is 6.21. The van der Waals surface area contributed by atoms with Crippen LogP contribution in [-0.2, 0) is 0 Å². The number of anilines is 1. The number of nitriles is 1. The standard InChI is InChI=1S/C19H17N5O2/c1-13-22-17-12-21-11-16(18(17)26-13)19(25)24-7-5-23(6-8-24)15-4-2-3-14(9-15)10-20/h2-4,9,11-12H,5-8H2,1H3. The number of oxazole rings is 1. The summed E-state index contributed by atoms with van der Waals surface area (Å²) in [6, 6.07) is 9.69. The first kappa shape index (κ1) is 16.1. The zero-order chi connectivity index (χ0) is 18.1. The molecule has 1 aliphatic rings. The molecule has 1 fully saturated rings. The quantitative estimate of drug-likeness (QED) is 0.707. The van der Waals surface area contributed by atoms with E-state index in [9.17, 15) is 4.79 Å². The molecule has 0 saturated carbocycles. The molecule has 0 spiro atoms. The maximum Gasteiger partial charge on any atom is 0.259 e. The van der Waals surface area contributed by atoms with Crippen LogP contribution >= 0.6 is 0 Å². The number of aryl methyl sites for hydroxylation is 1. The monoisotopic (exact) mass is 347 g/mol. The van der Waals surface area contributed by atoms with Crippen molar-refractivity contribution in [1.29, 1.82) is 5.26 Å². The lowest BCUT2D eigenvalue weighted by Gasteiger charge is -2.36. The Labute approximate surface area is 150 Å². The van der Waals surface area contributed by atoms with Gasteiger partial charge in [-0.25, -0.2) is 4.98 Å². The molecule has 0 bridgehead atoms. The summed E-state index contributed by atoms with van der Waals surface area (Å²) in [7, 11) is 0. The highest BCUT2D eigenvalue weighted by Gasteiger charge is 2.25. The molecule has 0 N–H and O–H groups in total. The summed E-state index contributed by atoms with van der Waals surface area (Å²) in [5, 5.41) is 9.05. The van der Waals surface area contributed by atoms with Gasteiger partial charge in [-0.3, -0.25) is 9.78 Å². The minimum absolute atomic E-state index is 0.0929. The van der Waals surface area contributed by atoms with Gasteiger partial charge in [0.05, 0.1) is 17.8 Å². The topological polar surface area (TPSA) is 86.3 Å². The summed E-state index contributed by atoms with van der Waals surface area (Å²) in [5.74, 6) is 0.425. The number of hydrogen-bond donors (Lipinski definition) is 0. The fourth-order valence-corrected chi connectivity index (χ4v) is 3.23. The van der Waals surface area contributed by atoms with E-state index in [0.717, 1.165) is 5.69 Å². The van der Waals surface area contributed by atoms with E-state index in [1.54, 1.807) is 24.1 Å². The second-order valence-corrected chi connectivity index (χ2v) is 6.21. The first-order valence-corrected chi connectivity index (χ1v) is 8.41. The number of amides is 1. The molecule has 130 valence electrons. The van der Waals surface area contributed by atoms with Crippen molar-refractivity contribution in [2.24, 2.45) is 0 Å². The smallest absolute Gasteiger partial charge is 0.259 e. The van der Waals surface area contributed by atoms with Crippen molar-refractivity contribution < 1.29 is 9.21 Å². The lowest BCUT2D eigenvalue weighted by Crippen LogP contribution is -2.48. The lowest BCUT2D eigenvalue weighted by atomic mass is 10.1. The van der Waals surface area contributed by atoms with Crippen LogP contribution in [0.3, 0.4) is 0 Å². The Morgan fingerprint density at radius 3 is 2.81 bits per heavy atom. The summed E-state index contributed by atoms with van der Waals surface area (Å²) in [5.41, 5.74) is 3.18. The van der Waals surface area contributed by atoms with Gasteiger partial charge in [-0.15, -0.1) is 0 Å². The highest BCUT2D eigenvalue weighted by molar-refractivity contribution is 6.03. The van der Waals surface area contributed by atoms with Crippen molar-refractivity contribution in [3.63, 3.8) is 0 Å². The van der Waals surface area contributed by atoms with E-state index in [1.165, 1.54) is 6.20 Å². The van der Waals surface area contributed by atoms with E-state index in [2.05, 4.69) is 20.9 Å². The number of rotatable bonds is 2. The molecule has 1 amide bonds. The number of hydrogen-bond acceptors (Lipinski definition) is 6. The minimum Gasteiger partial charge on any atom is -0.440 e. The molecule has 0 atom stereocenters. The molecular formula is C19H17N5O2. The number of benzene rings is 1. The molecule has 0 unspecified atom stereocenters. The largest absolute Gasteiger partial charge is 0.440 e. The zero-order valence-electron chi connectivity index (χ0n) is 14.3. The van der Waals surface area contributed by atoms with Crippen molar-refractivity contribution >= 4 is 22.7 Å². The molecule has 3 aromatic rings. The van der Waals surface area contributed by atoms with Gasteiger partial charge in [0, 0.05) is 45.0 Å². The van der Waals surface area contributed by atoms with Gasteiger partial charge in [-0.2, -0.15) is 5.26 Å². The summed E-state index contributed by atoms with van der Waals surface area (Å²) in [6.45, 7) is 4.36. The minimum atomic E-state index is -0.0929. The third kappa shape index (κ3) is 2.86. The molecule has 0 aliphatic carbocycles. The molecule has 1 aliphatic heterocycles. The summed E-state index contributed by atoms with van der Waals surface area (Å²) in [4.78, 5) is 25.2. The lowest BCUT2D eigenvalue weighted by molar-refractivity contribution is 0.0747. The normalized spacial score (nSPS) is 14.5. The number of carbonyl (C=O) groups excluding carboxylic acids is 1. The molecule has 2 aromatic heterocycles. The van der Waals surface area contributed by atoms with Gasteiger partial charge in [0.2, 0.25) is 0 Å². The van der Waals surface area contributed by atoms with E-state index < -0.39 is 0 Å². The van der Waals surface area contributed by atoms with Crippen molar-refractivity contribution in [3.8, 4) is 6.07 Å². The third-order valence-corrected chi connectivity index (χ3v) is 4.54. The predicted molar refractivity (Wildman–Crippen MR) is 95.8 cm³/mol. The van der Waals surface area contributed by atoms with Crippen LogP contribution in [0.5, 0.6) is 0 Å². The van der Waals surface area contributed by atoms with Crippen molar-refractivity contribution in [2.45, 2.75) is 6.92 Å². The molecular weight excluding hydrogens is 330 g/mol. The van der Waals surface area contributed by atoms with Gasteiger partial charge in [0.15, 0.2) is 11.5 Å². The fraction of sp³-hybridized carbons (Fsp3) is 0.263. The van der Waals surface area contributed by atoms with Crippen LogP contribution in [0.15, 0.2) is 41.1 Å². The van der Waals surface area contributed by atoms with E-state index in [-0.39, 0.29) is 5.91 Å². The van der Waals surface area contributed by atoms with Gasteiger partial charge in [-0.1, -0.05) is 6.07 Å². The van der Waals surface area contributed by atoms with Crippen LogP contribution in [0.25, 0.3) is 11.1 Å². The number of fused-ring (bicyclic) bond motifs is 1. The Morgan fingerprint density at radius 2 is 2.04 bits per heavy atom. The predicted octanol–water partition coefficient (Wildman–Crippen LogP) is 2.37. The number of pyridine rings is 1. The Balaban J connectivity index is 1.50. The molecule has 0 radical (unpaired) electrons. The van der Waals surface area contributed by atoms with Gasteiger partial charge >= 0.3 is 0 Å². The van der Waals surface area contributed by atoms with Crippen LogP contribution in [-0.4, -0.2) is 47.0 Å². The van der Waals surface area contributed by atoms with Gasteiger partial charge < -0.3 is 14.2 Å². The first-order valence-electron chi connectivity index (χ1n) is 8.41. The number of carbonyl (C=O) groups is 1. The molecule has 7 heteroatoms. The third-order valence-electron chi connectivity index (χ3n) is 4.54. The van der Waals surface area contributed by atoms with Gasteiger partial charge in [-0.05, 0) is 18.2 Å². The summed E-state index contributed by atoms with van der Waals surface area (Å²) in [6.07, 6.45) is 3.14.